The average molecular weight is 250 g/mol. The minimum Gasteiger partial charge on any atom is -0.398 e. The number of nitrogens with zero attached hydrogens (tertiary/aromatic N) is 1. The highest BCUT2D eigenvalue weighted by Gasteiger charge is 2.19. The molecule has 0 radical (unpaired) electrons. The fraction of sp³-hybridized carbons (Fsp3) is 0.333. The van der Waals surface area contributed by atoms with E-state index in [2.05, 4.69) is 10.6 Å². The van der Waals surface area contributed by atoms with Crippen LogP contribution in [0.25, 0.3) is 0 Å². The molecule has 1 aromatic carbocycles. The molecule has 1 amide bonds. The van der Waals surface area contributed by atoms with Gasteiger partial charge in [-0.3, -0.25) is 9.59 Å². The summed E-state index contributed by atoms with van der Waals surface area (Å²) in [6, 6.07) is 5.75. The minimum atomic E-state index is 0.250. The molecule has 6 nitrogen and oxygen atoms in total. The predicted octanol–water partition coefficient (Wildman–Crippen LogP) is -0.392. The molecule has 1 aromatic rings. The molecule has 0 saturated carbocycles. The quantitative estimate of drug-likeness (QED) is 0.488. The number of nitrogen functional groups attached to an aromatic ring is 1. The lowest BCUT2D eigenvalue weighted by molar-refractivity contribution is -0.116. The molecule has 0 atom stereocenters. The highest BCUT2D eigenvalue weighted by atomic mass is 16.1. The fourth-order valence-corrected chi connectivity index (χ4v) is 1.82. The van der Waals surface area contributed by atoms with Gasteiger partial charge in [0.05, 0.1) is 6.54 Å². The van der Waals surface area contributed by atoms with Gasteiger partial charge in [-0.25, -0.2) is 0 Å². The van der Waals surface area contributed by atoms with Crippen molar-refractivity contribution in [1.82, 2.24) is 0 Å². The van der Waals surface area contributed by atoms with Gasteiger partial charge in [0.2, 0.25) is 6.41 Å². The van der Waals surface area contributed by atoms with Gasteiger partial charge in [-0.1, -0.05) is 0 Å². The van der Waals surface area contributed by atoms with Gasteiger partial charge >= 0.3 is 0 Å². The molecule has 1 aliphatic rings. The van der Waals surface area contributed by atoms with Gasteiger partial charge < -0.3 is 22.1 Å². The predicted molar refractivity (Wildman–Crippen MR) is 70.8 cm³/mol. The van der Waals surface area contributed by atoms with Crippen molar-refractivity contribution >= 4 is 23.6 Å². The van der Waals surface area contributed by atoms with E-state index in [1.807, 2.05) is 18.2 Å². The number of rotatable bonds is 2. The maximum absolute atomic E-state index is 11.2. The number of amides is 1. The average Bonchev–Trinajstić information content (AvgIpc) is 2.77. The minimum absolute atomic E-state index is 0.250. The summed E-state index contributed by atoms with van der Waals surface area (Å²) in [4.78, 5) is 21.8. The van der Waals surface area contributed by atoms with Crippen LogP contribution in [0.2, 0.25) is 0 Å². The van der Waals surface area contributed by atoms with Crippen molar-refractivity contribution in [1.29, 1.82) is 0 Å². The maximum Gasteiger partial charge on any atom is 0.204 e. The number of carbonyl (C=O) groups is 2. The van der Waals surface area contributed by atoms with Crippen LogP contribution in [-0.4, -0.2) is 25.3 Å². The second-order valence-electron chi connectivity index (χ2n) is 3.93. The zero-order chi connectivity index (χ0) is 13.5. The molecule has 18 heavy (non-hydrogen) atoms. The Bertz CT molecular complexity index is 434. The van der Waals surface area contributed by atoms with Gasteiger partial charge in [0.1, 0.15) is 0 Å². The van der Waals surface area contributed by atoms with Crippen LogP contribution < -0.4 is 22.1 Å². The lowest BCUT2D eigenvalue weighted by atomic mass is 10.1. The summed E-state index contributed by atoms with van der Waals surface area (Å²) in [7, 11) is 0. The van der Waals surface area contributed by atoms with Crippen LogP contribution in [0.4, 0.5) is 11.4 Å². The van der Waals surface area contributed by atoms with Crippen LogP contribution in [0, 0.1) is 0 Å². The van der Waals surface area contributed by atoms with Gasteiger partial charge in [-0.05, 0) is 23.8 Å². The van der Waals surface area contributed by atoms with Crippen LogP contribution in [-0.2, 0) is 16.1 Å². The summed E-state index contributed by atoms with van der Waals surface area (Å²) in [5.74, 6) is 0.293. The van der Waals surface area contributed by atoms with Crippen LogP contribution >= 0.6 is 0 Å². The Balaban J connectivity index is 0.000000492. The van der Waals surface area contributed by atoms with E-state index in [0.717, 1.165) is 17.8 Å². The Kier molecular flexibility index (Phi) is 5.13. The van der Waals surface area contributed by atoms with E-state index in [9.17, 15) is 4.79 Å². The molecule has 1 heterocycles. The first-order valence-electron chi connectivity index (χ1n) is 5.62. The van der Waals surface area contributed by atoms with E-state index in [-0.39, 0.29) is 6.41 Å². The summed E-state index contributed by atoms with van der Waals surface area (Å²) in [6.07, 6.45) is 0.891. The second kappa shape index (κ2) is 6.61. The van der Waals surface area contributed by atoms with E-state index in [4.69, 9.17) is 16.3 Å². The molecule has 0 aromatic heterocycles. The SMILES string of the molecule is NC=O.NCc1cc(N2CCC(=O)C2)ccc1N. The van der Waals surface area contributed by atoms with Crippen LogP contribution in [0.1, 0.15) is 12.0 Å². The zero-order valence-electron chi connectivity index (χ0n) is 10.1. The highest BCUT2D eigenvalue weighted by Crippen LogP contribution is 2.23. The zero-order valence-corrected chi connectivity index (χ0v) is 10.1. The van der Waals surface area contributed by atoms with Crippen molar-refractivity contribution in [3.05, 3.63) is 23.8 Å². The number of carbonyl (C=O) groups excluding carboxylic acids is 2. The molecule has 1 saturated heterocycles. The van der Waals surface area contributed by atoms with E-state index in [1.54, 1.807) is 0 Å². The molecule has 1 aliphatic heterocycles. The number of ketones is 1. The van der Waals surface area contributed by atoms with Crippen molar-refractivity contribution in [2.45, 2.75) is 13.0 Å². The molecule has 1 fully saturated rings. The number of hydrogen-bond donors (Lipinski definition) is 3. The third kappa shape index (κ3) is 3.46. The third-order valence-corrected chi connectivity index (χ3v) is 2.74. The number of anilines is 2. The van der Waals surface area contributed by atoms with Gasteiger partial charge in [-0.15, -0.1) is 0 Å². The number of nitrogens with two attached hydrogens (primary N) is 3. The molecule has 6 heteroatoms. The van der Waals surface area contributed by atoms with Crippen molar-refractivity contribution < 1.29 is 9.59 Å². The molecule has 98 valence electrons. The van der Waals surface area contributed by atoms with Crippen molar-refractivity contribution in [2.75, 3.05) is 23.7 Å². The molecule has 0 spiro atoms. The Morgan fingerprint density at radius 2 is 2.06 bits per heavy atom. The van der Waals surface area contributed by atoms with Crippen LogP contribution in [0.3, 0.4) is 0 Å². The highest BCUT2D eigenvalue weighted by molar-refractivity contribution is 5.87. The monoisotopic (exact) mass is 250 g/mol. The molecular formula is C12H18N4O2. The lowest BCUT2D eigenvalue weighted by Gasteiger charge is -2.18. The third-order valence-electron chi connectivity index (χ3n) is 2.74. The number of Topliss-reactive ketones (excluding diaryl/α,β-unsaturated/α-hetero) is 1. The number of benzene rings is 1. The van der Waals surface area contributed by atoms with Crippen molar-refractivity contribution in [3.8, 4) is 0 Å². The van der Waals surface area contributed by atoms with Crippen LogP contribution in [0.15, 0.2) is 18.2 Å². The second-order valence-corrected chi connectivity index (χ2v) is 3.93. The first kappa shape index (κ1) is 14.0. The fourth-order valence-electron chi connectivity index (χ4n) is 1.82. The lowest BCUT2D eigenvalue weighted by Crippen LogP contribution is -2.20. The molecule has 0 aliphatic carbocycles. The van der Waals surface area contributed by atoms with E-state index in [1.165, 1.54) is 0 Å². The van der Waals surface area contributed by atoms with Gasteiger partial charge in [0, 0.05) is 30.9 Å². The van der Waals surface area contributed by atoms with Crippen molar-refractivity contribution in [3.63, 3.8) is 0 Å². The smallest absolute Gasteiger partial charge is 0.204 e. The van der Waals surface area contributed by atoms with Crippen molar-refractivity contribution in [2.24, 2.45) is 11.5 Å². The Morgan fingerprint density at radius 3 is 2.56 bits per heavy atom. The molecule has 6 N–H and O–H groups in total. The molecular weight excluding hydrogens is 232 g/mol. The first-order valence-corrected chi connectivity index (χ1v) is 5.62. The van der Waals surface area contributed by atoms with Crippen LogP contribution in [0.5, 0.6) is 0 Å². The summed E-state index contributed by atoms with van der Waals surface area (Å²) >= 11 is 0. The molecule has 2 rings (SSSR count). The Labute approximate surface area is 106 Å². The largest absolute Gasteiger partial charge is 0.398 e. The summed E-state index contributed by atoms with van der Waals surface area (Å²) in [5.41, 5.74) is 18.2. The number of hydrogen-bond acceptors (Lipinski definition) is 5. The Morgan fingerprint density at radius 1 is 1.39 bits per heavy atom. The van der Waals surface area contributed by atoms with E-state index in [0.29, 0.717) is 31.0 Å². The molecule has 0 bridgehead atoms. The van der Waals surface area contributed by atoms with Gasteiger partial charge in [0.25, 0.3) is 0 Å². The van der Waals surface area contributed by atoms with Gasteiger partial charge in [0.15, 0.2) is 5.78 Å². The van der Waals surface area contributed by atoms with Gasteiger partial charge in [-0.2, -0.15) is 0 Å². The summed E-state index contributed by atoms with van der Waals surface area (Å²) in [6.45, 7) is 1.74. The topological polar surface area (TPSA) is 115 Å². The first-order chi connectivity index (χ1) is 8.62. The van der Waals surface area contributed by atoms with E-state index < -0.39 is 0 Å². The Hall–Kier alpha value is -2.08. The van der Waals surface area contributed by atoms with E-state index >= 15 is 0 Å². The molecule has 0 unspecified atom stereocenters. The summed E-state index contributed by atoms with van der Waals surface area (Å²) in [5, 5.41) is 0. The number of primary amides is 1. The standard InChI is InChI=1S/C11H15N3O.CH3NO/c12-6-8-5-9(1-2-11(8)13)14-4-3-10(15)7-14;2-1-3/h1-2,5H,3-4,6-7,12-13H2;1H,(H2,2,3). The normalized spacial score (nSPS) is 14.1. The summed E-state index contributed by atoms with van der Waals surface area (Å²) < 4.78 is 0. The maximum atomic E-state index is 11.2.